The first-order valence-electron chi connectivity index (χ1n) is 5.86. The van der Waals surface area contributed by atoms with Gasteiger partial charge in [-0.25, -0.2) is 4.79 Å². The summed E-state index contributed by atoms with van der Waals surface area (Å²) in [6.07, 6.45) is -7.57. The van der Waals surface area contributed by atoms with Crippen LogP contribution in [0.2, 0.25) is 0 Å². The number of benzene rings is 1. The average Bonchev–Trinajstić information content (AvgIpc) is 2.34. The lowest BCUT2D eigenvalue weighted by atomic mass is 10.1. The number of alkyl halides is 3. The van der Waals surface area contributed by atoms with Crippen LogP contribution in [0.5, 0.6) is 0 Å². The standard InChI is InChI=1S/C13H15F3O4/c1-7(17)8(2)20-11(12(18)19)9-3-5-10(6-4-9)13(14,15)16/h3-8,11,17H,1-2H3,(H,18,19). The third-order valence-corrected chi connectivity index (χ3v) is 2.80. The van der Waals surface area contributed by atoms with E-state index in [1.807, 2.05) is 0 Å². The summed E-state index contributed by atoms with van der Waals surface area (Å²) in [6.45, 7) is 2.90. The smallest absolute Gasteiger partial charge is 0.416 e. The first kappa shape index (κ1) is 16.5. The summed E-state index contributed by atoms with van der Waals surface area (Å²) in [4.78, 5) is 11.1. The zero-order chi connectivity index (χ0) is 15.5. The van der Waals surface area contributed by atoms with E-state index >= 15 is 0 Å². The first-order chi connectivity index (χ1) is 9.12. The van der Waals surface area contributed by atoms with Gasteiger partial charge >= 0.3 is 12.1 Å². The molecule has 0 bridgehead atoms. The number of carboxylic acids is 1. The number of halogens is 3. The molecule has 0 saturated heterocycles. The van der Waals surface area contributed by atoms with Gasteiger partial charge in [0.1, 0.15) is 0 Å². The summed E-state index contributed by atoms with van der Waals surface area (Å²) in [5.74, 6) is -1.34. The molecule has 2 N–H and O–H groups in total. The molecule has 0 spiro atoms. The summed E-state index contributed by atoms with van der Waals surface area (Å²) in [5.41, 5.74) is -0.785. The molecule has 7 heteroatoms. The minimum atomic E-state index is -4.48. The maximum atomic E-state index is 12.4. The van der Waals surface area contributed by atoms with E-state index in [2.05, 4.69) is 0 Å². The van der Waals surface area contributed by atoms with Gasteiger partial charge in [-0.15, -0.1) is 0 Å². The van der Waals surface area contributed by atoms with E-state index in [1.165, 1.54) is 13.8 Å². The van der Waals surface area contributed by atoms with Gasteiger partial charge < -0.3 is 14.9 Å². The van der Waals surface area contributed by atoms with Crippen molar-refractivity contribution in [2.24, 2.45) is 0 Å². The van der Waals surface area contributed by atoms with E-state index in [0.717, 1.165) is 24.3 Å². The van der Waals surface area contributed by atoms with Crippen molar-refractivity contribution < 1.29 is 32.9 Å². The Hall–Kier alpha value is -1.60. The molecule has 1 rings (SSSR count). The summed E-state index contributed by atoms with van der Waals surface area (Å²) >= 11 is 0. The van der Waals surface area contributed by atoms with Crippen molar-refractivity contribution in [3.63, 3.8) is 0 Å². The van der Waals surface area contributed by atoms with Crippen molar-refractivity contribution >= 4 is 5.97 Å². The van der Waals surface area contributed by atoms with Crippen molar-refractivity contribution in [2.45, 2.75) is 38.3 Å². The fourth-order valence-electron chi connectivity index (χ4n) is 1.45. The van der Waals surface area contributed by atoms with Crippen LogP contribution in [0.4, 0.5) is 13.2 Å². The van der Waals surface area contributed by atoms with E-state index in [0.29, 0.717) is 0 Å². The van der Waals surface area contributed by atoms with Gasteiger partial charge in [0.2, 0.25) is 0 Å². The number of ether oxygens (including phenoxy) is 1. The molecule has 0 aliphatic rings. The van der Waals surface area contributed by atoms with Gasteiger partial charge in [-0.3, -0.25) is 0 Å². The van der Waals surface area contributed by atoms with Crippen LogP contribution < -0.4 is 0 Å². The average molecular weight is 292 g/mol. The largest absolute Gasteiger partial charge is 0.479 e. The molecule has 1 aromatic rings. The summed E-state index contributed by atoms with van der Waals surface area (Å²) in [6, 6.07) is 3.69. The lowest BCUT2D eigenvalue weighted by Crippen LogP contribution is -2.28. The monoisotopic (exact) mass is 292 g/mol. The Bertz CT molecular complexity index is 454. The van der Waals surface area contributed by atoms with Crippen LogP contribution in [0.1, 0.15) is 31.1 Å². The molecule has 0 saturated carbocycles. The van der Waals surface area contributed by atoms with Gasteiger partial charge in [0.05, 0.1) is 17.8 Å². The number of hydrogen-bond acceptors (Lipinski definition) is 3. The third kappa shape index (κ3) is 4.21. The van der Waals surface area contributed by atoms with Gasteiger partial charge in [0.25, 0.3) is 0 Å². The van der Waals surface area contributed by atoms with Gasteiger partial charge in [0.15, 0.2) is 6.10 Å². The predicted octanol–water partition coefficient (Wildman–Crippen LogP) is 2.62. The lowest BCUT2D eigenvalue weighted by molar-refractivity contribution is -0.158. The molecule has 0 heterocycles. The molecule has 0 fully saturated rings. The Kier molecular flexibility index (Phi) is 5.13. The fourth-order valence-corrected chi connectivity index (χ4v) is 1.45. The minimum absolute atomic E-state index is 0.0815. The van der Waals surface area contributed by atoms with Crippen LogP contribution in [0.25, 0.3) is 0 Å². The van der Waals surface area contributed by atoms with Crippen LogP contribution in [-0.2, 0) is 15.7 Å². The number of aliphatic carboxylic acids is 1. The normalized spacial score (nSPS) is 16.5. The summed E-state index contributed by atoms with van der Waals surface area (Å²) in [5, 5.41) is 18.3. The Balaban J connectivity index is 2.96. The molecule has 4 nitrogen and oxygen atoms in total. The van der Waals surface area contributed by atoms with Crippen molar-refractivity contribution in [3.05, 3.63) is 35.4 Å². The molecule has 0 radical (unpaired) electrons. The van der Waals surface area contributed by atoms with Crippen molar-refractivity contribution in [1.82, 2.24) is 0 Å². The number of carboxylic acid groups (broad SMARTS) is 1. The van der Waals surface area contributed by atoms with Gasteiger partial charge in [-0.05, 0) is 31.5 Å². The minimum Gasteiger partial charge on any atom is -0.479 e. The molecular weight excluding hydrogens is 277 g/mol. The molecule has 3 atom stereocenters. The number of rotatable bonds is 5. The fraction of sp³-hybridized carbons (Fsp3) is 0.462. The zero-order valence-electron chi connectivity index (χ0n) is 10.9. The van der Waals surface area contributed by atoms with E-state index in [4.69, 9.17) is 9.84 Å². The Morgan fingerprint density at radius 3 is 2.05 bits per heavy atom. The Morgan fingerprint density at radius 1 is 1.20 bits per heavy atom. The van der Waals surface area contributed by atoms with Crippen LogP contribution in [0, 0.1) is 0 Å². The van der Waals surface area contributed by atoms with Crippen LogP contribution in [-0.4, -0.2) is 28.4 Å². The first-order valence-corrected chi connectivity index (χ1v) is 5.86. The van der Waals surface area contributed by atoms with Crippen LogP contribution in [0.3, 0.4) is 0 Å². The summed E-state index contributed by atoms with van der Waals surface area (Å²) in [7, 11) is 0. The number of aliphatic hydroxyl groups is 1. The second-order valence-electron chi connectivity index (χ2n) is 4.42. The van der Waals surface area contributed by atoms with Crippen molar-refractivity contribution in [2.75, 3.05) is 0 Å². The Morgan fingerprint density at radius 2 is 1.70 bits per heavy atom. The second kappa shape index (κ2) is 6.23. The number of carbonyl (C=O) groups is 1. The molecule has 0 amide bonds. The number of hydrogen-bond donors (Lipinski definition) is 2. The Labute approximate surface area is 113 Å². The lowest BCUT2D eigenvalue weighted by Gasteiger charge is -2.21. The maximum absolute atomic E-state index is 12.4. The number of aliphatic hydroxyl groups excluding tert-OH is 1. The third-order valence-electron chi connectivity index (χ3n) is 2.80. The van der Waals surface area contributed by atoms with Crippen molar-refractivity contribution in [3.8, 4) is 0 Å². The second-order valence-corrected chi connectivity index (χ2v) is 4.42. The molecule has 1 aromatic carbocycles. The highest BCUT2D eigenvalue weighted by molar-refractivity contribution is 5.74. The topological polar surface area (TPSA) is 66.8 Å². The SMILES string of the molecule is CC(O)C(C)OC(C(=O)O)c1ccc(C(F)(F)F)cc1. The van der Waals surface area contributed by atoms with Crippen LogP contribution in [0.15, 0.2) is 24.3 Å². The van der Waals surface area contributed by atoms with E-state index in [1.54, 1.807) is 0 Å². The highest BCUT2D eigenvalue weighted by Gasteiger charge is 2.31. The van der Waals surface area contributed by atoms with Gasteiger partial charge in [-0.1, -0.05) is 12.1 Å². The van der Waals surface area contributed by atoms with Crippen molar-refractivity contribution in [1.29, 1.82) is 0 Å². The zero-order valence-corrected chi connectivity index (χ0v) is 10.9. The van der Waals surface area contributed by atoms with Crippen LogP contribution >= 0.6 is 0 Å². The van der Waals surface area contributed by atoms with Gasteiger partial charge in [0, 0.05) is 0 Å². The quantitative estimate of drug-likeness (QED) is 0.875. The predicted molar refractivity (Wildman–Crippen MR) is 64.0 cm³/mol. The highest BCUT2D eigenvalue weighted by atomic mass is 19.4. The molecule has 20 heavy (non-hydrogen) atoms. The molecule has 0 aliphatic heterocycles. The van der Waals surface area contributed by atoms with Gasteiger partial charge in [-0.2, -0.15) is 13.2 Å². The van der Waals surface area contributed by atoms with E-state index in [9.17, 15) is 23.1 Å². The molecule has 0 aliphatic carbocycles. The highest BCUT2D eigenvalue weighted by Crippen LogP contribution is 2.30. The maximum Gasteiger partial charge on any atom is 0.416 e. The molecular formula is C13H15F3O4. The molecule has 112 valence electrons. The van der Waals surface area contributed by atoms with E-state index in [-0.39, 0.29) is 5.56 Å². The molecule has 3 unspecified atom stereocenters. The molecule has 0 aromatic heterocycles. The summed E-state index contributed by atoms with van der Waals surface area (Å²) < 4.78 is 42.4. The van der Waals surface area contributed by atoms with E-state index < -0.39 is 36.0 Å².